The molecule has 1 heterocycles. The van der Waals surface area contributed by atoms with Gasteiger partial charge in [-0.1, -0.05) is 0 Å². The minimum Gasteiger partial charge on any atom is -0.370 e. The van der Waals surface area contributed by atoms with E-state index in [2.05, 4.69) is 4.90 Å². The molecule has 1 unspecified atom stereocenters. The Labute approximate surface area is 78.1 Å². The van der Waals surface area contributed by atoms with Crippen LogP contribution in [0.5, 0.6) is 0 Å². The van der Waals surface area contributed by atoms with Crippen molar-refractivity contribution < 1.29 is 9.59 Å². The maximum absolute atomic E-state index is 10.9. The predicted octanol–water partition coefficient (Wildman–Crippen LogP) is -0.0848. The lowest BCUT2D eigenvalue weighted by Crippen LogP contribution is -2.41. The number of ketones is 1. The van der Waals surface area contributed by atoms with E-state index in [0.717, 1.165) is 13.1 Å². The van der Waals surface area contributed by atoms with E-state index < -0.39 is 0 Å². The zero-order chi connectivity index (χ0) is 9.84. The molecule has 74 valence electrons. The maximum Gasteiger partial charge on any atom is 0.218 e. The average molecular weight is 184 g/mol. The Hall–Kier alpha value is -0.900. The first kappa shape index (κ1) is 10.2. The number of amides is 1. The second-order valence-electron chi connectivity index (χ2n) is 3.59. The molecular weight excluding hydrogens is 168 g/mol. The molecule has 1 amide bonds. The van der Waals surface area contributed by atoms with Crippen LogP contribution >= 0.6 is 0 Å². The molecule has 1 fully saturated rings. The number of carbonyl (C=O) groups is 2. The van der Waals surface area contributed by atoms with E-state index in [0.29, 0.717) is 25.0 Å². The minimum absolute atomic E-state index is 0.172. The van der Waals surface area contributed by atoms with Gasteiger partial charge in [-0.15, -0.1) is 0 Å². The van der Waals surface area contributed by atoms with Crippen molar-refractivity contribution in [3.05, 3.63) is 0 Å². The Bertz CT molecular complexity index is 206. The van der Waals surface area contributed by atoms with Gasteiger partial charge < -0.3 is 5.73 Å². The molecule has 1 aliphatic rings. The fourth-order valence-electron chi connectivity index (χ4n) is 1.63. The summed E-state index contributed by atoms with van der Waals surface area (Å²) in [6, 6.07) is 0.172. The summed E-state index contributed by atoms with van der Waals surface area (Å²) < 4.78 is 0. The van der Waals surface area contributed by atoms with E-state index >= 15 is 0 Å². The van der Waals surface area contributed by atoms with Crippen LogP contribution in [0.2, 0.25) is 0 Å². The summed E-state index contributed by atoms with van der Waals surface area (Å²) in [6.07, 6.45) is 1.61. The van der Waals surface area contributed by atoms with Gasteiger partial charge in [-0.3, -0.25) is 14.5 Å². The van der Waals surface area contributed by atoms with Crippen LogP contribution < -0.4 is 5.73 Å². The van der Waals surface area contributed by atoms with Gasteiger partial charge in [0.25, 0.3) is 0 Å². The zero-order valence-electron chi connectivity index (χ0n) is 7.95. The fraction of sp³-hybridized carbons (Fsp3) is 0.778. The van der Waals surface area contributed by atoms with E-state index in [9.17, 15) is 9.59 Å². The summed E-state index contributed by atoms with van der Waals surface area (Å²) in [6.45, 7) is 3.51. The van der Waals surface area contributed by atoms with Gasteiger partial charge in [0.1, 0.15) is 5.78 Å². The van der Waals surface area contributed by atoms with E-state index in [1.165, 1.54) is 0 Å². The summed E-state index contributed by atoms with van der Waals surface area (Å²) in [5, 5.41) is 0. The largest absolute Gasteiger partial charge is 0.370 e. The van der Waals surface area contributed by atoms with Crippen molar-refractivity contribution in [2.75, 3.05) is 13.1 Å². The van der Waals surface area contributed by atoms with Crippen LogP contribution in [0.15, 0.2) is 0 Å². The highest BCUT2D eigenvalue weighted by molar-refractivity contribution is 5.79. The van der Waals surface area contributed by atoms with Gasteiger partial charge in [-0.2, -0.15) is 0 Å². The predicted molar refractivity (Wildman–Crippen MR) is 49.1 cm³/mol. The molecule has 1 aliphatic heterocycles. The van der Waals surface area contributed by atoms with Gasteiger partial charge >= 0.3 is 0 Å². The number of hydrogen-bond donors (Lipinski definition) is 1. The lowest BCUT2D eigenvalue weighted by molar-refractivity contribution is -0.122. The van der Waals surface area contributed by atoms with Gasteiger partial charge in [0, 0.05) is 38.4 Å². The third kappa shape index (κ3) is 3.14. The number of piperidine rings is 1. The molecule has 1 rings (SSSR count). The number of Topliss-reactive ketones (excluding diaryl/α,β-unsaturated/α-hetero) is 1. The van der Waals surface area contributed by atoms with Crippen molar-refractivity contribution in [2.45, 2.75) is 32.2 Å². The Morgan fingerprint density at radius 1 is 1.54 bits per heavy atom. The summed E-state index contributed by atoms with van der Waals surface area (Å²) in [7, 11) is 0. The molecular formula is C9H16N2O2. The summed E-state index contributed by atoms with van der Waals surface area (Å²) in [4.78, 5) is 23.7. The summed E-state index contributed by atoms with van der Waals surface area (Å²) >= 11 is 0. The number of rotatable bonds is 3. The molecule has 1 saturated heterocycles. The Kier molecular flexibility index (Phi) is 3.42. The molecule has 0 saturated carbocycles. The van der Waals surface area contributed by atoms with Crippen LogP contribution in [-0.4, -0.2) is 35.7 Å². The van der Waals surface area contributed by atoms with E-state index in [1.807, 2.05) is 6.92 Å². The van der Waals surface area contributed by atoms with E-state index in [-0.39, 0.29) is 11.9 Å². The highest BCUT2D eigenvalue weighted by Crippen LogP contribution is 2.11. The van der Waals surface area contributed by atoms with Crippen LogP contribution in [-0.2, 0) is 9.59 Å². The number of nitrogens with two attached hydrogens (primary N) is 1. The molecule has 2 N–H and O–H groups in total. The number of primary amides is 1. The molecule has 4 heteroatoms. The zero-order valence-corrected chi connectivity index (χ0v) is 7.95. The van der Waals surface area contributed by atoms with Crippen molar-refractivity contribution in [3.8, 4) is 0 Å². The number of nitrogens with zero attached hydrogens (tertiary/aromatic N) is 1. The van der Waals surface area contributed by atoms with Crippen LogP contribution in [0.3, 0.4) is 0 Å². The maximum atomic E-state index is 10.9. The van der Waals surface area contributed by atoms with Crippen molar-refractivity contribution in [2.24, 2.45) is 5.73 Å². The SMILES string of the molecule is CC(CC(N)=O)N1CCC(=O)CC1. The Balaban J connectivity index is 2.35. The van der Waals surface area contributed by atoms with E-state index in [1.54, 1.807) is 0 Å². The summed E-state index contributed by atoms with van der Waals surface area (Å²) in [5.41, 5.74) is 5.09. The first-order valence-electron chi connectivity index (χ1n) is 4.63. The van der Waals surface area contributed by atoms with Gasteiger partial charge in [-0.25, -0.2) is 0 Å². The smallest absolute Gasteiger partial charge is 0.218 e. The Morgan fingerprint density at radius 3 is 2.54 bits per heavy atom. The first-order valence-corrected chi connectivity index (χ1v) is 4.63. The first-order chi connectivity index (χ1) is 6.09. The second-order valence-corrected chi connectivity index (χ2v) is 3.59. The quantitative estimate of drug-likeness (QED) is 0.667. The second kappa shape index (κ2) is 4.37. The molecule has 0 aliphatic carbocycles. The van der Waals surface area contributed by atoms with Crippen LogP contribution in [0.25, 0.3) is 0 Å². The number of likely N-dealkylation sites (tertiary alicyclic amines) is 1. The third-order valence-corrected chi connectivity index (χ3v) is 2.48. The third-order valence-electron chi connectivity index (χ3n) is 2.48. The van der Waals surface area contributed by atoms with Gasteiger partial charge in [0.15, 0.2) is 0 Å². The fourth-order valence-corrected chi connectivity index (χ4v) is 1.63. The molecule has 0 aromatic rings. The molecule has 1 atom stereocenters. The van der Waals surface area contributed by atoms with Crippen molar-refractivity contribution >= 4 is 11.7 Å². The molecule has 0 radical (unpaired) electrons. The van der Waals surface area contributed by atoms with Crippen LogP contribution in [0, 0.1) is 0 Å². The van der Waals surface area contributed by atoms with Gasteiger partial charge in [0.05, 0.1) is 0 Å². The molecule has 0 bridgehead atoms. The average Bonchev–Trinajstić information content (AvgIpc) is 2.04. The lowest BCUT2D eigenvalue weighted by atomic mass is 10.1. The number of carbonyl (C=O) groups excluding carboxylic acids is 2. The monoisotopic (exact) mass is 184 g/mol. The van der Waals surface area contributed by atoms with Gasteiger partial charge in [0.2, 0.25) is 5.91 Å². The molecule has 0 spiro atoms. The molecule has 0 aromatic heterocycles. The topological polar surface area (TPSA) is 63.4 Å². The van der Waals surface area contributed by atoms with Crippen molar-refractivity contribution in [3.63, 3.8) is 0 Å². The normalized spacial score (nSPS) is 21.5. The standard InChI is InChI=1S/C9H16N2O2/c1-7(6-9(10)13)11-4-2-8(12)3-5-11/h7H,2-6H2,1H3,(H2,10,13). The molecule has 4 nitrogen and oxygen atoms in total. The van der Waals surface area contributed by atoms with Crippen LogP contribution in [0.4, 0.5) is 0 Å². The van der Waals surface area contributed by atoms with E-state index in [4.69, 9.17) is 5.73 Å². The highest BCUT2D eigenvalue weighted by atomic mass is 16.1. The lowest BCUT2D eigenvalue weighted by Gasteiger charge is -2.30. The van der Waals surface area contributed by atoms with Gasteiger partial charge in [-0.05, 0) is 6.92 Å². The minimum atomic E-state index is -0.274. The Morgan fingerprint density at radius 2 is 2.08 bits per heavy atom. The molecule has 13 heavy (non-hydrogen) atoms. The number of hydrogen-bond acceptors (Lipinski definition) is 3. The van der Waals surface area contributed by atoms with Crippen molar-refractivity contribution in [1.82, 2.24) is 4.90 Å². The summed E-state index contributed by atoms with van der Waals surface area (Å²) in [5.74, 6) is 0.0481. The van der Waals surface area contributed by atoms with Crippen LogP contribution in [0.1, 0.15) is 26.2 Å². The highest BCUT2D eigenvalue weighted by Gasteiger charge is 2.21. The molecule has 0 aromatic carbocycles. The van der Waals surface area contributed by atoms with Crippen molar-refractivity contribution in [1.29, 1.82) is 0 Å².